The van der Waals surface area contributed by atoms with Gasteiger partial charge in [-0.05, 0) is 92.0 Å². The van der Waals surface area contributed by atoms with Gasteiger partial charge >= 0.3 is 0 Å². The summed E-state index contributed by atoms with van der Waals surface area (Å²) in [6.45, 7) is 0.172. The van der Waals surface area contributed by atoms with Crippen molar-refractivity contribution in [2.75, 3.05) is 0 Å². The van der Waals surface area contributed by atoms with Crippen LogP contribution in [0.2, 0.25) is 0 Å². The zero-order valence-electron chi connectivity index (χ0n) is 19.5. The first-order valence-corrected chi connectivity index (χ1v) is 12.9. The monoisotopic (exact) mass is 458 g/mol. The van der Waals surface area contributed by atoms with Crippen LogP contribution in [0.15, 0.2) is 78.9 Å². The van der Waals surface area contributed by atoms with E-state index in [0.29, 0.717) is 0 Å². The Hall–Kier alpha value is -4.24. The van der Waals surface area contributed by atoms with Crippen molar-refractivity contribution in [3.05, 3.63) is 112 Å². The molecule has 0 N–H and O–H groups in total. The van der Waals surface area contributed by atoms with Crippen molar-refractivity contribution in [3.63, 3.8) is 0 Å². The maximum Gasteiger partial charge on any atom is 0.261 e. The fourth-order valence-electron chi connectivity index (χ4n) is 7.67. The van der Waals surface area contributed by atoms with Crippen molar-refractivity contribution in [2.45, 2.75) is 19.3 Å². The molecular weight excluding hydrogens is 439 g/mol. The van der Waals surface area contributed by atoms with Crippen molar-refractivity contribution in [1.82, 2.24) is 0 Å². The summed E-state index contributed by atoms with van der Waals surface area (Å²) < 4.78 is 13.6. The van der Waals surface area contributed by atoms with Crippen LogP contribution in [0, 0.1) is 0 Å². The van der Waals surface area contributed by atoms with Crippen molar-refractivity contribution in [1.29, 1.82) is 0 Å². The molecule has 5 aliphatic rings. The van der Waals surface area contributed by atoms with E-state index in [1.807, 2.05) is 0 Å². The lowest BCUT2D eigenvalue weighted by Gasteiger charge is -2.39. The van der Waals surface area contributed by atoms with Crippen LogP contribution in [0.25, 0.3) is 22.3 Å². The number of rotatable bonds is 0. The zero-order valence-corrected chi connectivity index (χ0v) is 19.5. The van der Waals surface area contributed by atoms with E-state index < -0.39 is 0 Å². The number of fused-ring (bicyclic) bond motifs is 8. The smallest absolute Gasteiger partial charge is 0.261 e. The third-order valence-corrected chi connectivity index (χ3v) is 9.11. The highest BCUT2D eigenvalue weighted by Crippen LogP contribution is 2.50. The minimum absolute atomic E-state index is 0.172. The molecule has 2 aliphatic carbocycles. The molecule has 10 rings (SSSR count). The van der Waals surface area contributed by atoms with Crippen LogP contribution >= 0.6 is 0 Å². The number of benzene rings is 5. The van der Waals surface area contributed by atoms with Crippen LogP contribution in [-0.4, -0.2) is 6.71 Å². The molecule has 3 heteroatoms. The maximum absolute atomic E-state index is 6.85. The Morgan fingerprint density at radius 1 is 0.472 bits per heavy atom. The second kappa shape index (κ2) is 5.94. The molecular formula is C33H19BO2. The van der Waals surface area contributed by atoms with Gasteiger partial charge in [-0.3, -0.25) is 0 Å². The molecule has 0 bridgehead atoms. The molecule has 0 spiro atoms. The van der Waals surface area contributed by atoms with E-state index in [1.165, 1.54) is 72.0 Å². The highest BCUT2D eigenvalue weighted by molar-refractivity contribution is 6.99. The summed E-state index contributed by atoms with van der Waals surface area (Å²) in [4.78, 5) is 0. The number of hydrogen-bond donors (Lipinski definition) is 0. The molecule has 0 atom stereocenters. The van der Waals surface area contributed by atoms with Crippen LogP contribution in [0.3, 0.4) is 0 Å². The predicted octanol–water partition coefficient (Wildman–Crippen LogP) is 5.46. The first-order chi connectivity index (χ1) is 17.8. The SMILES string of the molecule is c1ccc2c(c1)Cc1c-2cc2c3c1Cc1cccc4c1B3c1c(cc3c(c1O4)Cc1ccccc1-3)O2. The topological polar surface area (TPSA) is 18.5 Å². The first-order valence-electron chi connectivity index (χ1n) is 12.9. The molecule has 0 radical (unpaired) electrons. The molecule has 5 aromatic carbocycles. The predicted molar refractivity (Wildman–Crippen MR) is 143 cm³/mol. The highest BCUT2D eigenvalue weighted by atomic mass is 16.5. The normalized spacial score (nSPS) is 15.3. The number of hydrogen-bond acceptors (Lipinski definition) is 2. The average Bonchev–Trinajstić information content (AvgIpc) is 3.47. The Labute approximate surface area is 209 Å². The van der Waals surface area contributed by atoms with Gasteiger partial charge in [-0.1, -0.05) is 60.7 Å². The Kier molecular flexibility index (Phi) is 2.98. The molecule has 3 aliphatic heterocycles. The summed E-state index contributed by atoms with van der Waals surface area (Å²) in [7, 11) is 0. The van der Waals surface area contributed by atoms with Crippen LogP contribution in [-0.2, 0) is 19.3 Å². The zero-order chi connectivity index (χ0) is 23.1. The summed E-state index contributed by atoms with van der Waals surface area (Å²) >= 11 is 0. The van der Waals surface area contributed by atoms with E-state index in [0.717, 1.165) is 42.3 Å². The van der Waals surface area contributed by atoms with Crippen LogP contribution in [0.4, 0.5) is 0 Å². The fourth-order valence-corrected chi connectivity index (χ4v) is 7.67. The van der Waals surface area contributed by atoms with E-state index in [9.17, 15) is 0 Å². The summed E-state index contributed by atoms with van der Waals surface area (Å²) in [6.07, 6.45) is 2.85. The Bertz CT molecular complexity index is 1750. The van der Waals surface area contributed by atoms with Gasteiger partial charge in [-0.2, -0.15) is 0 Å². The van der Waals surface area contributed by atoms with Crippen molar-refractivity contribution in [2.24, 2.45) is 0 Å². The molecule has 166 valence electrons. The first kappa shape index (κ1) is 18.1. The van der Waals surface area contributed by atoms with Crippen molar-refractivity contribution >= 4 is 23.1 Å². The summed E-state index contributed by atoms with van der Waals surface area (Å²) in [5.41, 5.74) is 17.6. The van der Waals surface area contributed by atoms with E-state index >= 15 is 0 Å². The molecule has 0 aromatic heterocycles. The van der Waals surface area contributed by atoms with Gasteiger partial charge in [0, 0.05) is 17.4 Å². The third kappa shape index (κ3) is 1.97. The molecule has 0 fully saturated rings. The average molecular weight is 458 g/mol. The summed E-state index contributed by atoms with van der Waals surface area (Å²) in [5.74, 6) is 4.02. The lowest BCUT2D eigenvalue weighted by atomic mass is 9.31. The van der Waals surface area contributed by atoms with Gasteiger partial charge in [0.05, 0.1) is 0 Å². The molecule has 5 aromatic rings. The van der Waals surface area contributed by atoms with Crippen LogP contribution in [0.5, 0.6) is 23.0 Å². The van der Waals surface area contributed by atoms with Gasteiger partial charge in [-0.25, -0.2) is 0 Å². The van der Waals surface area contributed by atoms with Gasteiger partial charge in [0.15, 0.2) is 0 Å². The molecule has 2 nitrogen and oxygen atoms in total. The quantitative estimate of drug-likeness (QED) is 0.281. The van der Waals surface area contributed by atoms with Crippen LogP contribution < -0.4 is 25.9 Å². The standard InChI is InChI=1S/C33H19BO2/c1-3-9-20-17(6-1)12-22-23(20)15-28-31-25(22)14-19-8-5-11-27-30(19)34(31)32-29(35-28)16-24-21-10-4-2-7-18(21)13-26(24)33(32)36-27/h1-11,15-16H,12-14H2. The van der Waals surface area contributed by atoms with Crippen LogP contribution in [0.1, 0.15) is 33.4 Å². The highest BCUT2D eigenvalue weighted by Gasteiger charge is 2.48. The van der Waals surface area contributed by atoms with Gasteiger partial charge in [0.2, 0.25) is 0 Å². The van der Waals surface area contributed by atoms with Crippen molar-refractivity contribution < 1.29 is 9.47 Å². The molecule has 0 unspecified atom stereocenters. The lowest BCUT2D eigenvalue weighted by molar-refractivity contribution is 0.461. The lowest BCUT2D eigenvalue weighted by Crippen LogP contribution is -2.61. The Morgan fingerprint density at radius 2 is 1.11 bits per heavy atom. The molecule has 0 amide bonds. The van der Waals surface area contributed by atoms with Gasteiger partial charge in [-0.15, -0.1) is 0 Å². The van der Waals surface area contributed by atoms with E-state index in [4.69, 9.17) is 9.47 Å². The number of ether oxygens (including phenoxy) is 2. The van der Waals surface area contributed by atoms with Gasteiger partial charge in [0.1, 0.15) is 23.0 Å². The summed E-state index contributed by atoms with van der Waals surface area (Å²) in [6, 6.07) is 28.8. The minimum Gasteiger partial charge on any atom is -0.458 e. The van der Waals surface area contributed by atoms with E-state index in [-0.39, 0.29) is 6.71 Å². The third-order valence-electron chi connectivity index (χ3n) is 9.11. The molecule has 0 saturated carbocycles. The Balaban J connectivity index is 1.31. The molecule has 36 heavy (non-hydrogen) atoms. The minimum atomic E-state index is 0.172. The maximum atomic E-state index is 6.85. The summed E-state index contributed by atoms with van der Waals surface area (Å²) in [5, 5.41) is 0. The van der Waals surface area contributed by atoms with Gasteiger partial charge < -0.3 is 9.47 Å². The van der Waals surface area contributed by atoms with Gasteiger partial charge in [0.25, 0.3) is 6.71 Å². The second-order valence-corrected chi connectivity index (χ2v) is 10.7. The molecule has 0 saturated heterocycles. The molecule has 3 heterocycles. The Morgan fingerprint density at radius 3 is 1.92 bits per heavy atom. The van der Waals surface area contributed by atoms with E-state index in [1.54, 1.807) is 0 Å². The van der Waals surface area contributed by atoms with E-state index in [2.05, 4.69) is 78.9 Å². The second-order valence-electron chi connectivity index (χ2n) is 10.7. The largest absolute Gasteiger partial charge is 0.458 e. The fraction of sp³-hybridized carbons (Fsp3) is 0.0909. The van der Waals surface area contributed by atoms with Crippen molar-refractivity contribution in [3.8, 4) is 45.3 Å².